The van der Waals surface area contributed by atoms with Gasteiger partial charge in [-0.25, -0.2) is 9.97 Å². The maximum absolute atomic E-state index is 4.94. The highest BCUT2D eigenvalue weighted by molar-refractivity contribution is 5.74. The van der Waals surface area contributed by atoms with E-state index < -0.39 is 0 Å². The molecule has 3 heteroatoms. The predicted octanol–water partition coefficient (Wildman–Crippen LogP) is 5.97. The molecule has 134 valence electrons. The molecule has 4 rings (SSSR count). The molecule has 1 aromatic carbocycles. The molecule has 0 fully saturated rings. The van der Waals surface area contributed by atoms with Crippen molar-refractivity contribution in [3.8, 4) is 11.3 Å². The Morgan fingerprint density at radius 1 is 0.741 bits per heavy atom. The Bertz CT molecular complexity index is 1090. The lowest BCUT2D eigenvalue weighted by Crippen LogP contribution is -2.03. The van der Waals surface area contributed by atoms with Crippen LogP contribution in [0.5, 0.6) is 0 Å². The largest absolute Gasteiger partial charge is 0.252 e. The van der Waals surface area contributed by atoms with Gasteiger partial charge in [0.15, 0.2) is 5.65 Å². The predicted molar refractivity (Wildman–Crippen MR) is 111 cm³/mol. The average molecular weight is 353 g/mol. The van der Waals surface area contributed by atoms with E-state index in [9.17, 15) is 0 Å². The van der Waals surface area contributed by atoms with Gasteiger partial charge in [0.1, 0.15) is 0 Å². The second-order valence-corrected chi connectivity index (χ2v) is 7.24. The number of aromatic nitrogens is 3. The fourth-order valence-corrected chi connectivity index (χ4v) is 3.27. The molecule has 0 saturated carbocycles. The summed E-state index contributed by atoms with van der Waals surface area (Å²) in [6.07, 6.45) is 1.78. The monoisotopic (exact) mass is 353 g/mol. The van der Waals surface area contributed by atoms with Gasteiger partial charge >= 0.3 is 0 Å². The van der Waals surface area contributed by atoms with Crippen LogP contribution in [0.1, 0.15) is 49.6 Å². The van der Waals surface area contributed by atoms with Crippen LogP contribution in [0.15, 0.2) is 72.9 Å². The van der Waals surface area contributed by atoms with E-state index in [4.69, 9.17) is 9.97 Å². The van der Waals surface area contributed by atoms with Gasteiger partial charge in [0.05, 0.1) is 11.4 Å². The smallest absolute Gasteiger partial charge is 0.159 e. The molecule has 3 nitrogen and oxygen atoms in total. The molecule has 0 aliphatic heterocycles. The van der Waals surface area contributed by atoms with Gasteiger partial charge in [-0.05, 0) is 53.9 Å². The summed E-state index contributed by atoms with van der Waals surface area (Å²) < 4.78 is 0. The van der Waals surface area contributed by atoms with Gasteiger partial charge < -0.3 is 0 Å². The molecule has 0 radical (unpaired) electrons. The molecule has 0 spiro atoms. The van der Waals surface area contributed by atoms with E-state index in [-0.39, 0.29) is 5.92 Å². The first-order valence-electron chi connectivity index (χ1n) is 9.41. The minimum absolute atomic E-state index is 0.102. The van der Waals surface area contributed by atoms with Crippen LogP contribution in [0.2, 0.25) is 0 Å². The van der Waals surface area contributed by atoms with Crippen molar-refractivity contribution in [2.45, 2.75) is 32.6 Å². The summed E-state index contributed by atoms with van der Waals surface area (Å²) in [6, 6.07) is 23.0. The van der Waals surface area contributed by atoms with Crippen molar-refractivity contribution < 1.29 is 0 Å². The summed E-state index contributed by atoms with van der Waals surface area (Å²) in [7, 11) is 0. The maximum Gasteiger partial charge on any atom is 0.159 e. The van der Waals surface area contributed by atoms with Gasteiger partial charge in [0, 0.05) is 28.8 Å². The molecular weight excluding hydrogens is 330 g/mol. The van der Waals surface area contributed by atoms with Crippen LogP contribution in [-0.4, -0.2) is 15.0 Å². The SMILES string of the molecule is CC(C)c1cccc(-c2cccc(C(C)c3ccc4cccnc4n3)n2)c1. The van der Waals surface area contributed by atoms with E-state index in [1.54, 1.807) is 6.20 Å². The van der Waals surface area contributed by atoms with Crippen molar-refractivity contribution in [3.63, 3.8) is 0 Å². The normalized spacial score (nSPS) is 12.4. The van der Waals surface area contributed by atoms with Crippen LogP contribution in [-0.2, 0) is 0 Å². The first-order chi connectivity index (χ1) is 13.1. The zero-order valence-corrected chi connectivity index (χ0v) is 15.9. The van der Waals surface area contributed by atoms with E-state index >= 15 is 0 Å². The molecule has 1 atom stereocenters. The lowest BCUT2D eigenvalue weighted by atomic mass is 9.98. The number of fused-ring (bicyclic) bond motifs is 1. The van der Waals surface area contributed by atoms with Crippen molar-refractivity contribution in [3.05, 3.63) is 89.9 Å². The Labute approximate surface area is 160 Å². The van der Waals surface area contributed by atoms with Gasteiger partial charge in [-0.1, -0.05) is 45.0 Å². The molecule has 1 unspecified atom stereocenters. The van der Waals surface area contributed by atoms with Crippen LogP contribution in [0, 0.1) is 0 Å². The third kappa shape index (κ3) is 3.59. The molecule has 27 heavy (non-hydrogen) atoms. The quantitative estimate of drug-likeness (QED) is 0.454. The van der Waals surface area contributed by atoms with Gasteiger partial charge in [-0.3, -0.25) is 4.98 Å². The first-order valence-corrected chi connectivity index (χ1v) is 9.41. The second-order valence-electron chi connectivity index (χ2n) is 7.24. The summed E-state index contributed by atoms with van der Waals surface area (Å²) in [5.41, 5.74) is 6.27. The fourth-order valence-electron chi connectivity index (χ4n) is 3.27. The van der Waals surface area contributed by atoms with Gasteiger partial charge in [0.25, 0.3) is 0 Å². The lowest BCUT2D eigenvalue weighted by Gasteiger charge is -2.13. The highest BCUT2D eigenvalue weighted by Gasteiger charge is 2.14. The molecule has 3 aromatic heterocycles. The molecule has 0 bridgehead atoms. The Kier molecular flexibility index (Phi) is 4.68. The summed E-state index contributed by atoms with van der Waals surface area (Å²) >= 11 is 0. The van der Waals surface area contributed by atoms with Crippen LogP contribution >= 0.6 is 0 Å². The molecule has 0 amide bonds. The number of hydrogen-bond acceptors (Lipinski definition) is 3. The summed E-state index contributed by atoms with van der Waals surface area (Å²) in [6.45, 7) is 6.57. The minimum Gasteiger partial charge on any atom is -0.252 e. The highest BCUT2D eigenvalue weighted by atomic mass is 14.9. The van der Waals surface area contributed by atoms with Gasteiger partial charge in [0.2, 0.25) is 0 Å². The van der Waals surface area contributed by atoms with E-state index in [2.05, 4.69) is 80.4 Å². The zero-order chi connectivity index (χ0) is 18.8. The van der Waals surface area contributed by atoms with Gasteiger partial charge in [-0.2, -0.15) is 0 Å². The molecule has 3 heterocycles. The molecule has 0 saturated heterocycles. The van der Waals surface area contributed by atoms with E-state index in [0.29, 0.717) is 5.92 Å². The van der Waals surface area contributed by atoms with Crippen LogP contribution in [0.3, 0.4) is 0 Å². The van der Waals surface area contributed by atoms with Gasteiger partial charge in [-0.15, -0.1) is 0 Å². The van der Waals surface area contributed by atoms with Crippen molar-refractivity contribution in [1.29, 1.82) is 0 Å². The Hall–Kier alpha value is -3.07. The number of rotatable bonds is 4. The standard InChI is InChI=1S/C24H23N3/c1-16(2)19-7-4-8-20(15-19)23-11-5-10-21(26-23)17(3)22-13-12-18-9-6-14-25-24(18)27-22/h4-17H,1-3H3. The fraction of sp³-hybridized carbons (Fsp3) is 0.208. The second kappa shape index (κ2) is 7.28. The van der Waals surface area contributed by atoms with Crippen molar-refractivity contribution >= 4 is 11.0 Å². The topological polar surface area (TPSA) is 38.7 Å². The zero-order valence-electron chi connectivity index (χ0n) is 15.9. The summed E-state index contributed by atoms with van der Waals surface area (Å²) in [4.78, 5) is 14.1. The van der Waals surface area contributed by atoms with Crippen LogP contribution < -0.4 is 0 Å². The van der Waals surface area contributed by atoms with E-state index in [0.717, 1.165) is 33.7 Å². The minimum atomic E-state index is 0.102. The molecule has 0 aliphatic rings. The number of pyridine rings is 3. The highest BCUT2D eigenvalue weighted by Crippen LogP contribution is 2.27. The summed E-state index contributed by atoms with van der Waals surface area (Å²) in [5, 5.41) is 1.06. The van der Waals surface area contributed by atoms with Crippen molar-refractivity contribution in [2.75, 3.05) is 0 Å². The number of nitrogens with zero attached hydrogens (tertiary/aromatic N) is 3. The summed E-state index contributed by atoms with van der Waals surface area (Å²) in [5.74, 6) is 0.603. The van der Waals surface area contributed by atoms with Crippen molar-refractivity contribution in [2.24, 2.45) is 0 Å². The number of hydrogen-bond donors (Lipinski definition) is 0. The third-order valence-electron chi connectivity index (χ3n) is 4.99. The molecular formula is C24H23N3. The Balaban J connectivity index is 1.69. The van der Waals surface area contributed by atoms with E-state index in [1.807, 2.05) is 12.1 Å². The van der Waals surface area contributed by atoms with E-state index in [1.165, 1.54) is 5.56 Å². The maximum atomic E-state index is 4.94. The molecule has 0 aliphatic carbocycles. The number of benzene rings is 1. The Morgan fingerprint density at radius 3 is 2.41 bits per heavy atom. The van der Waals surface area contributed by atoms with Crippen LogP contribution in [0.25, 0.3) is 22.3 Å². The lowest BCUT2D eigenvalue weighted by molar-refractivity contribution is 0.838. The molecule has 4 aromatic rings. The Morgan fingerprint density at radius 2 is 1.56 bits per heavy atom. The van der Waals surface area contributed by atoms with Crippen LogP contribution in [0.4, 0.5) is 0 Å². The third-order valence-corrected chi connectivity index (χ3v) is 4.99. The molecule has 0 N–H and O–H groups in total. The average Bonchev–Trinajstić information content (AvgIpc) is 2.73. The first kappa shape index (κ1) is 17.3. The van der Waals surface area contributed by atoms with Crippen molar-refractivity contribution in [1.82, 2.24) is 15.0 Å².